The zero-order chi connectivity index (χ0) is 17.8. The van der Waals surface area contributed by atoms with Gasteiger partial charge >= 0.3 is 12.6 Å². The lowest BCUT2D eigenvalue weighted by atomic mass is 10.0. The number of amides is 2. The number of hydrogen-bond donors (Lipinski definition) is 2. The number of nitrogens with zero attached hydrogens (tertiary/aromatic N) is 3. The van der Waals surface area contributed by atoms with Crippen LogP contribution in [0.3, 0.4) is 0 Å². The molecule has 2 heterocycles. The molecule has 6 nitrogen and oxygen atoms in total. The molecule has 1 aromatic carbocycles. The van der Waals surface area contributed by atoms with Gasteiger partial charge in [-0.2, -0.15) is 8.78 Å². The largest absolute Gasteiger partial charge is 0.374 e. The van der Waals surface area contributed by atoms with Crippen molar-refractivity contribution in [1.82, 2.24) is 14.9 Å². The smallest absolute Gasteiger partial charge is 0.319 e. The van der Waals surface area contributed by atoms with Crippen LogP contribution < -0.4 is 15.5 Å². The first-order valence-corrected chi connectivity index (χ1v) is 8.23. The van der Waals surface area contributed by atoms with Gasteiger partial charge in [-0.05, 0) is 36.6 Å². The minimum atomic E-state index is -2.63. The Bertz CT molecular complexity index is 746. The second-order valence-electron chi connectivity index (χ2n) is 6.03. The first-order chi connectivity index (χ1) is 12.0. The van der Waals surface area contributed by atoms with Crippen LogP contribution in [0, 0.1) is 0 Å². The number of alkyl halides is 2. The lowest BCUT2D eigenvalue weighted by Gasteiger charge is -2.27. The van der Waals surface area contributed by atoms with E-state index in [2.05, 4.69) is 27.6 Å². The van der Waals surface area contributed by atoms with Crippen molar-refractivity contribution >= 4 is 17.4 Å². The normalized spacial score (nSPS) is 13.7. The van der Waals surface area contributed by atoms with Gasteiger partial charge in [0.15, 0.2) is 0 Å². The number of imidazole rings is 1. The number of hydrogen-bond acceptors (Lipinski definition) is 3. The minimum absolute atomic E-state index is 0.225. The van der Waals surface area contributed by atoms with E-state index in [4.69, 9.17) is 0 Å². The van der Waals surface area contributed by atoms with Gasteiger partial charge < -0.3 is 15.5 Å². The van der Waals surface area contributed by atoms with E-state index in [1.165, 1.54) is 23.6 Å². The van der Waals surface area contributed by atoms with Gasteiger partial charge in [-0.1, -0.05) is 0 Å². The first-order valence-electron chi connectivity index (χ1n) is 8.23. The van der Waals surface area contributed by atoms with Crippen molar-refractivity contribution in [2.24, 2.45) is 0 Å². The molecular weight excluding hydrogens is 328 g/mol. The summed E-state index contributed by atoms with van der Waals surface area (Å²) < 4.78 is 26.2. The maximum absolute atomic E-state index is 12.7. The summed E-state index contributed by atoms with van der Waals surface area (Å²) in [5.41, 5.74) is 3.13. The Morgan fingerprint density at radius 2 is 2.24 bits per heavy atom. The first kappa shape index (κ1) is 17.2. The topological polar surface area (TPSA) is 62.2 Å². The van der Waals surface area contributed by atoms with Crippen LogP contribution in [0.1, 0.15) is 24.4 Å². The molecule has 0 radical (unpaired) electrons. The molecule has 0 unspecified atom stereocenters. The van der Waals surface area contributed by atoms with Crippen molar-refractivity contribution in [1.29, 1.82) is 0 Å². The van der Waals surface area contributed by atoms with Crippen molar-refractivity contribution in [2.45, 2.75) is 25.8 Å². The summed E-state index contributed by atoms with van der Waals surface area (Å²) in [6, 6.07) is 5.49. The molecule has 0 saturated heterocycles. The molecule has 0 saturated carbocycles. The molecule has 2 aromatic rings. The lowest BCUT2D eigenvalue weighted by Crippen LogP contribution is -2.31. The Labute approximate surface area is 144 Å². The van der Waals surface area contributed by atoms with E-state index in [0.717, 1.165) is 29.6 Å². The molecule has 0 fully saturated rings. The van der Waals surface area contributed by atoms with Crippen LogP contribution in [0.15, 0.2) is 30.6 Å². The number of rotatable bonds is 5. The third-order valence-corrected chi connectivity index (χ3v) is 4.28. The highest BCUT2D eigenvalue weighted by atomic mass is 19.3. The van der Waals surface area contributed by atoms with E-state index in [9.17, 15) is 13.6 Å². The van der Waals surface area contributed by atoms with Gasteiger partial charge in [0.05, 0.1) is 0 Å². The SMILES string of the molecule is CN1CCCc2cc(NC(=O)NCCc3nccn3C(F)F)ccc21. The molecule has 134 valence electrons. The van der Waals surface area contributed by atoms with Crippen LogP contribution in [0.25, 0.3) is 0 Å². The quantitative estimate of drug-likeness (QED) is 0.872. The maximum Gasteiger partial charge on any atom is 0.319 e. The third kappa shape index (κ3) is 4.07. The second kappa shape index (κ2) is 7.50. The van der Waals surface area contributed by atoms with Crippen molar-refractivity contribution in [3.05, 3.63) is 42.0 Å². The van der Waals surface area contributed by atoms with Gasteiger partial charge in [0.2, 0.25) is 0 Å². The third-order valence-electron chi connectivity index (χ3n) is 4.28. The van der Waals surface area contributed by atoms with Crippen molar-refractivity contribution < 1.29 is 13.6 Å². The predicted molar refractivity (Wildman–Crippen MR) is 92.2 cm³/mol. The van der Waals surface area contributed by atoms with E-state index in [-0.39, 0.29) is 24.8 Å². The highest BCUT2D eigenvalue weighted by molar-refractivity contribution is 5.89. The number of carbonyl (C=O) groups is 1. The van der Waals surface area contributed by atoms with E-state index >= 15 is 0 Å². The fraction of sp³-hybridized carbons (Fsp3) is 0.412. The fourth-order valence-corrected chi connectivity index (χ4v) is 3.04. The summed E-state index contributed by atoms with van der Waals surface area (Å²) in [5, 5.41) is 5.45. The zero-order valence-electron chi connectivity index (χ0n) is 14.0. The van der Waals surface area contributed by atoms with Crippen LogP contribution in [-0.4, -0.2) is 35.7 Å². The molecule has 25 heavy (non-hydrogen) atoms. The van der Waals surface area contributed by atoms with E-state index in [1.807, 2.05) is 18.2 Å². The summed E-state index contributed by atoms with van der Waals surface area (Å²) in [5.74, 6) is 0.243. The lowest BCUT2D eigenvalue weighted by molar-refractivity contribution is 0.0670. The van der Waals surface area contributed by atoms with Gasteiger partial charge in [-0.15, -0.1) is 0 Å². The summed E-state index contributed by atoms with van der Waals surface area (Å²) in [6.07, 6.45) is 4.87. The second-order valence-corrected chi connectivity index (χ2v) is 6.03. The molecule has 1 aliphatic heterocycles. The van der Waals surface area contributed by atoms with Crippen molar-refractivity contribution in [2.75, 3.05) is 30.4 Å². The number of fused-ring (bicyclic) bond motifs is 1. The molecule has 8 heteroatoms. The number of aryl methyl sites for hydroxylation is 1. The number of urea groups is 1. The molecule has 0 atom stereocenters. The van der Waals surface area contributed by atoms with Crippen LogP contribution in [-0.2, 0) is 12.8 Å². The molecule has 1 aliphatic rings. The molecule has 2 N–H and O–H groups in total. The summed E-state index contributed by atoms with van der Waals surface area (Å²) in [7, 11) is 2.06. The van der Waals surface area contributed by atoms with Gasteiger partial charge in [0, 0.05) is 50.3 Å². The van der Waals surface area contributed by atoms with Gasteiger partial charge in [0.25, 0.3) is 0 Å². The van der Waals surface area contributed by atoms with Gasteiger partial charge in [-0.25, -0.2) is 9.78 Å². The average Bonchev–Trinajstić information content (AvgIpc) is 3.04. The van der Waals surface area contributed by atoms with Gasteiger partial charge in [0.1, 0.15) is 5.82 Å². The van der Waals surface area contributed by atoms with Crippen molar-refractivity contribution in [3.63, 3.8) is 0 Å². The Balaban J connectivity index is 1.52. The Morgan fingerprint density at radius 3 is 3.04 bits per heavy atom. The standard InChI is InChI=1S/C17H21F2N5O/c1-23-9-2-3-12-11-13(4-5-14(12)23)22-17(25)21-7-6-15-20-8-10-24(15)16(18)19/h4-5,8,10-11,16H,2-3,6-7,9H2,1H3,(H2,21,22,25). The number of halogens is 2. The highest BCUT2D eigenvalue weighted by Crippen LogP contribution is 2.28. The minimum Gasteiger partial charge on any atom is -0.374 e. The van der Waals surface area contributed by atoms with Crippen molar-refractivity contribution in [3.8, 4) is 0 Å². The molecule has 3 rings (SSSR count). The van der Waals surface area contributed by atoms with E-state index in [1.54, 1.807) is 0 Å². The monoisotopic (exact) mass is 349 g/mol. The molecule has 0 aliphatic carbocycles. The predicted octanol–water partition coefficient (Wildman–Crippen LogP) is 3.02. The zero-order valence-corrected chi connectivity index (χ0v) is 14.0. The Morgan fingerprint density at radius 1 is 1.40 bits per heavy atom. The Kier molecular flexibility index (Phi) is 5.16. The summed E-state index contributed by atoms with van der Waals surface area (Å²) in [4.78, 5) is 18.1. The van der Waals surface area contributed by atoms with Crippen LogP contribution >= 0.6 is 0 Å². The summed E-state index contributed by atoms with van der Waals surface area (Å²) >= 11 is 0. The maximum atomic E-state index is 12.7. The van der Waals surface area contributed by atoms with Crippen LogP contribution in [0.4, 0.5) is 25.0 Å². The Hall–Kier alpha value is -2.64. The number of carbonyl (C=O) groups excluding carboxylic acids is 1. The molecule has 2 amide bonds. The molecule has 0 bridgehead atoms. The molecule has 1 aromatic heterocycles. The average molecular weight is 349 g/mol. The van der Waals surface area contributed by atoms with Gasteiger partial charge in [-0.3, -0.25) is 4.57 Å². The number of aromatic nitrogens is 2. The van der Waals surface area contributed by atoms with E-state index in [0.29, 0.717) is 0 Å². The number of benzene rings is 1. The number of anilines is 2. The van der Waals surface area contributed by atoms with E-state index < -0.39 is 6.55 Å². The van der Waals surface area contributed by atoms with Crippen LogP contribution in [0.5, 0.6) is 0 Å². The fourth-order valence-electron chi connectivity index (χ4n) is 3.04. The highest BCUT2D eigenvalue weighted by Gasteiger charge is 2.15. The molecule has 0 spiro atoms. The van der Waals surface area contributed by atoms with Crippen LogP contribution in [0.2, 0.25) is 0 Å². The number of nitrogens with one attached hydrogen (secondary N) is 2. The molecular formula is C17H21F2N5O. The summed E-state index contributed by atoms with van der Waals surface area (Å²) in [6.45, 7) is -1.36.